The number of carbonyl (C=O) groups is 3. The van der Waals surface area contributed by atoms with Crippen LogP contribution in [-0.2, 0) is 24.0 Å². The number of aryl methyl sites for hydroxylation is 3. The van der Waals surface area contributed by atoms with Crippen molar-refractivity contribution in [3.05, 3.63) is 104 Å². The number of anilines is 1. The number of rotatable bonds is 4. The van der Waals surface area contributed by atoms with Crippen LogP contribution in [0.25, 0.3) is 10.4 Å². The van der Waals surface area contributed by atoms with Gasteiger partial charge in [-0.1, -0.05) is 50.6 Å². The number of fused-ring (bicyclic) bond motifs is 4. The van der Waals surface area contributed by atoms with E-state index in [2.05, 4.69) is 4.98 Å². The number of amides is 1. The summed E-state index contributed by atoms with van der Waals surface area (Å²) >= 11 is 7.19. The van der Waals surface area contributed by atoms with Crippen LogP contribution < -0.4 is 4.90 Å². The number of hydrogen-bond donors (Lipinski definition) is 0. The maximum atomic E-state index is 14.1. The summed E-state index contributed by atoms with van der Waals surface area (Å²) in [6.45, 7) is 9.95. The highest BCUT2D eigenvalue weighted by molar-refractivity contribution is 7.17. The van der Waals surface area contributed by atoms with Crippen LogP contribution in [0.2, 0.25) is 5.15 Å². The number of thiophene rings is 1. The number of pyridine rings is 1. The van der Waals surface area contributed by atoms with Gasteiger partial charge in [-0.05, 0) is 100 Å². The van der Waals surface area contributed by atoms with E-state index in [1.54, 1.807) is 30.0 Å². The van der Waals surface area contributed by atoms with E-state index in [1.807, 2.05) is 45.0 Å². The fraction of sp³-hybridized carbons (Fsp3) is 0.333. The maximum Gasteiger partial charge on any atom is 0.348 e. The number of halogens is 2. The summed E-state index contributed by atoms with van der Waals surface area (Å²) in [5, 5.41) is 0.355. The molecule has 0 fully saturated rings. The minimum absolute atomic E-state index is 0. The Morgan fingerprint density at radius 1 is 1.00 bits per heavy atom. The van der Waals surface area contributed by atoms with E-state index in [-0.39, 0.29) is 25.1 Å². The van der Waals surface area contributed by atoms with Gasteiger partial charge in [-0.15, -0.1) is 11.3 Å². The summed E-state index contributed by atoms with van der Waals surface area (Å²) in [5.74, 6) is -0.942. The van der Waals surface area contributed by atoms with Crippen LogP contribution in [0.4, 0.5) is 10.1 Å². The Morgan fingerprint density at radius 3 is 2.38 bits per heavy atom. The third-order valence-corrected chi connectivity index (χ3v) is 8.79. The highest BCUT2D eigenvalue weighted by atomic mass is 35.5. The van der Waals surface area contributed by atoms with E-state index < -0.39 is 5.82 Å². The van der Waals surface area contributed by atoms with Crippen molar-refractivity contribution in [2.45, 2.75) is 67.7 Å². The van der Waals surface area contributed by atoms with Gasteiger partial charge in [0.15, 0.2) is 5.78 Å². The standard InChI is InChI=1S/C23H20FNO3S.C10H10ClNO.C2H6.CH4/c1-3-28-23(27)20-12-16-10-11-25(22(26)15-6-4-14(2)5-7-15)19-13-17(24)8-9-18(19)21(16)29-20;1-6(13)8-5-7-3-2-4-9(7)12-10(8)11;1-2;/h4-9,12-13H,3,10-11H2,1-2H3;5H,2-4H2,1H3;1-2H3;1H4. The molecule has 4 aromatic rings. The molecule has 0 spiro atoms. The van der Waals surface area contributed by atoms with Gasteiger partial charge >= 0.3 is 5.97 Å². The summed E-state index contributed by atoms with van der Waals surface area (Å²) in [7, 11) is 0. The second-order valence-electron chi connectivity index (χ2n) is 10.3. The summed E-state index contributed by atoms with van der Waals surface area (Å²) in [6.07, 6.45) is 3.71. The Bertz CT molecular complexity index is 1680. The predicted molar refractivity (Wildman–Crippen MR) is 182 cm³/mol. The Hall–Kier alpha value is -3.88. The average Bonchev–Trinajstić information content (AvgIpc) is 3.62. The molecule has 1 aliphatic carbocycles. The number of ether oxygens (including phenoxy) is 1. The lowest BCUT2D eigenvalue weighted by Gasteiger charge is -2.23. The topological polar surface area (TPSA) is 76.6 Å². The van der Waals surface area contributed by atoms with Crippen molar-refractivity contribution in [3.8, 4) is 10.4 Å². The molecule has 9 heteroatoms. The number of ketones is 1. The monoisotopic (exact) mass is 650 g/mol. The zero-order chi connectivity index (χ0) is 32.0. The number of benzene rings is 2. The summed E-state index contributed by atoms with van der Waals surface area (Å²) in [5.41, 5.74) is 6.67. The predicted octanol–water partition coefficient (Wildman–Crippen LogP) is 9.33. The Morgan fingerprint density at radius 2 is 1.71 bits per heavy atom. The molecule has 0 saturated heterocycles. The molecule has 0 unspecified atom stereocenters. The fourth-order valence-corrected chi connectivity index (χ4v) is 6.60. The lowest BCUT2D eigenvalue weighted by atomic mass is 10.1. The summed E-state index contributed by atoms with van der Waals surface area (Å²) < 4.78 is 19.2. The maximum absolute atomic E-state index is 14.1. The van der Waals surface area contributed by atoms with Gasteiger partial charge in [0.2, 0.25) is 0 Å². The van der Waals surface area contributed by atoms with Crippen molar-refractivity contribution in [2.24, 2.45) is 0 Å². The first-order valence-corrected chi connectivity index (χ1v) is 16.0. The van der Waals surface area contributed by atoms with Crippen LogP contribution in [-0.4, -0.2) is 35.8 Å². The molecular formula is C36H40ClFN2O4S. The number of nitrogens with zero attached hydrogens (tertiary/aromatic N) is 2. The van der Waals surface area contributed by atoms with Gasteiger partial charge in [0.1, 0.15) is 15.8 Å². The Labute approximate surface area is 274 Å². The zero-order valence-electron chi connectivity index (χ0n) is 25.6. The number of carbonyl (C=O) groups excluding carboxylic acids is 3. The number of Topliss-reactive ketones (excluding diaryl/α,β-unsaturated/α-hetero) is 1. The molecule has 6 rings (SSSR count). The van der Waals surface area contributed by atoms with Gasteiger partial charge in [-0.2, -0.15) is 0 Å². The minimum Gasteiger partial charge on any atom is -0.462 e. The van der Waals surface area contributed by atoms with Crippen molar-refractivity contribution in [1.29, 1.82) is 0 Å². The largest absolute Gasteiger partial charge is 0.462 e. The molecule has 6 nitrogen and oxygen atoms in total. The first-order chi connectivity index (χ1) is 21.2. The van der Waals surface area contributed by atoms with Crippen LogP contribution in [0.1, 0.15) is 94.3 Å². The second-order valence-corrected chi connectivity index (χ2v) is 11.7. The molecule has 238 valence electrons. The molecule has 0 atom stereocenters. The van der Waals surface area contributed by atoms with Gasteiger partial charge in [-0.25, -0.2) is 14.2 Å². The molecule has 1 amide bonds. The van der Waals surface area contributed by atoms with Crippen LogP contribution in [0.15, 0.2) is 54.6 Å². The van der Waals surface area contributed by atoms with Crippen LogP contribution >= 0.6 is 22.9 Å². The van der Waals surface area contributed by atoms with Crippen LogP contribution in [0.3, 0.4) is 0 Å². The first-order valence-electron chi connectivity index (χ1n) is 14.8. The van der Waals surface area contributed by atoms with E-state index in [9.17, 15) is 18.8 Å². The molecule has 0 N–H and O–H groups in total. The van der Waals surface area contributed by atoms with E-state index in [0.717, 1.165) is 46.5 Å². The van der Waals surface area contributed by atoms with Crippen LogP contribution in [0.5, 0.6) is 0 Å². The van der Waals surface area contributed by atoms with Gasteiger partial charge in [0, 0.05) is 28.2 Å². The smallest absolute Gasteiger partial charge is 0.348 e. The SMILES string of the molecule is C.CC.CC(=O)c1cc2c(nc1Cl)CCC2.CCOC(=O)c1cc2c(s1)-c1ccc(F)cc1N(C(=O)c1ccc(C)cc1)CC2. The summed E-state index contributed by atoms with van der Waals surface area (Å²) in [6, 6.07) is 15.5. The molecule has 0 radical (unpaired) electrons. The molecule has 2 aliphatic rings. The van der Waals surface area contributed by atoms with Crippen molar-refractivity contribution in [1.82, 2.24) is 4.98 Å². The number of aromatic nitrogens is 1. The van der Waals surface area contributed by atoms with Crippen molar-refractivity contribution in [3.63, 3.8) is 0 Å². The molecule has 0 bridgehead atoms. The zero-order valence-corrected chi connectivity index (χ0v) is 27.2. The fourth-order valence-electron chi connectivity index (χ4n) is 5.17. The van der Waals surface area contributed by atoms with Gasteiger partial charge in [0.25, 0.3) is 5.91 Å². The third kappa shape index (κ3) is 8.05. The quantitative estimate of drug-likeness (QED) is 0.125. The number of hydrogen-bond acceptors (Lipinski definition) is 6. The van der Waals surface area contributed by atoms with E-state index >= 15 is 0 Å². The average molecular weight is 651 g/mol. The van der Waals surface area contributed by atoms with Gasteiger partial charge in [0.05, 0.1) is 17.9 Å². The molecule has 1 aliphatic heterocycles. The minimum atomic E-state index is -0.406. The molecule has 0 saturated carbocycles. The Balaban J connectivity index is 0.000000289. The molecule has 3 heterocycles. The molecular weight excluding hydrogens is 611 g/mol. The van der Waals surface area contributed by atoms with Crippen LogP contribution in [0, 0.1) is 12.7 Å². The number of esters is 1. The van der Waals surface area contributed by atoms with E-state index in [0.29, 0.717) is 46.4 Å². The van der Waals surface area contributed by atoms with Gasteiger partial charge < -0.3 is 9.64 Å². The van der Waals surface area contributed by atoms with E-state index in [4.69, 9.17) is 16.3 Å². The molecule has 2 aromatic heterocycles. The third-order valence-electron chi connectivity index (χ3n) is 7.31. The highest BCUT2D eigenvalue weighted by Crippen LogP contribution is 2.42. The van der Waals surface area contributed by atoms with Crippen molar-refractivity contribution < 1.29 is 23.5 Å². The highest BCUT2D eigenvalue weighted by Gasteiger charge is 2.28. The first kappa shape index (κ1) is 35.6. The normalized spacial score (nSPS) is 12.5. The van der Waals surface area contributed by atoms with Gasteiger partial charge in [-0.3, -0.25) is 9.59 Å². The molecule has 2 aromatic carbocycles. The van der Waals surface area contributed by atoms with Crippen molar-refractivity contribution >= 4 is 46.3 Å². The lowest BCUT2D eigenvalue weighted by Crippen LogP contribution is -2.32. The second kappa shape index (κ2) is 15.9. The lowest BCUT2D eigenvalue weighted by molar-refractivity contribution is 0.0531. The summed E-state index contributed by atoms with van der Waals surface area (Å²) in [4.78, 5) is 43.7. The molecule has 45 heavy (non-hydrogen) atoms. The Kier molecular flexibility index (Phi) is 12.6. The van der Waals surface area contributed by atoms with E-state index in [1.165, 1.54) is 36.0 Å². The van der Waals surface area contributed by atoms with Crippen molar-refractivity contribution in [2.75, 3.05) is 18.1 Å².